The summed E-state index contributed by atoms with van der Waals surface area (Å²) in [6, 6.07) is 0. The third-order valence-electron chi connectivity index (χ3n) is 3.43. The molecule has 1 saturated carbocycles. The second-order valence-corrected chi connectivity index (χ2v) is 4.22. The smallest absolute Gasteiger partial charge is 0.307 e. The van der Waals surface area contributed by atoms with Crippen LogP contribution in [0, 0.1) is 23.7 Å². The number of rotatable bonds is 2. The highest BCUT2D eigenvalue weighted by molar-refractivity contribution is 5.80. The molecule has 0 aromatic rings. The van der Waals surface area contributed by atoms with E-state index in [-0.39, 0.29) is 5.92 Å². The Morgan fingerprint density at radius 3 is 2.07 bits per heavy atom. The van der Waals surface area contributed by atoms with E-state index in [4.69, 9.17) is 10.2 Å². The summed E-state index contributed by atoms with van der Waals surface area (Å²) in [6.07, 6.45) is 1.29. The normalized spacial score (nSPS) is 37.9. The first-order valence-corrected chi connectivity index (χ1v) is 4.90. The summed E-state index contributed by atoms with van der Waals surface area (Å²) in [6.45, 7) is 3.82. The molecule has 2 N–H and O–H groups in total. The summed E-state index contributed by atoms with van der Waals surface area (Å²) in [5.74, 6) is -3.14. The molecule has 1 aliphatic rings. The standard InChI is InChI=1S/C10H16O4/c1-5-3-4-7(9(11)12)8(6(5)2)10(13)14/h5-8H,3-4H2,1-2H3,(H,11,12)(H,13,14). The fourth-order valence-electron chi connectivity index (χ4n) is 2.28. The number of hydrogen-bond acceptors (Lipinski definition) is 2. The molecular weight excluding hydrogens is 184 g/mol. The zero-order valence-electron chi connectivity index (χ0n) is 8.43. The highest BCUT2D eigenvalue weighted by atomic mass is 16.4. The quantitative estimate of drug-likeness (QED) is 0.707. The largest absolute Gasteiger partial charge is 0.481 e. The molecule has 0 amide bonds. The summed E-state index contributed by atoms with van der Waals surface area (Å²) >= 11 is 0. The average Bonchev–Trinajstić information content (AvgIpc) is 2.08. The van der Waals surface area contributed by atoms with Gasteiger partial charge in [-0.3, -0.25) is 9.59 Å². The maximum absolute atomic E-state index is 11.0. The Morgan fingerprint density at radius 1 is 1.07 bits per heavy atom. The first-order chi connectivity index (χ1) is 6.45. The lowest BCUT2D eigenvalue weighted by Gasteiger charge is -2.35. The van der Waals surface area contributed by atoms with Crippen LogP contribution in [-0.2, 0) is 9.59 Å². The third-order valence-corrected chi connectivity index (χ3v) is 3.43. The van der Waals surface area contributed by atoms with E-state index in [1.165, 1.54) is 0 Å². The topological polar surface area (TPSA) is 74.6 Å². The predicted octanol–water partition coefficient (Wildman–Crippen LogP) is 1.45. The molecule has 0 radical (unpaired) electrons. The van der Waals surface area contributed by atoms with E-state index in [0.29, 0.717) is 12.3 Å². The zero-order chi connectivity index (χ0) is 10.9. The van der Waals surface area contributed by atoms with Crippen molar-refractivity contribution in [3.63, 3.8) is 0 Å². The predicted molar refractivity (Wildman–Crippen MR) is 49.8 cm³/mol. The van der Waals surface area contributed by atoms with Crippen LogP contribution >= 0.6 is 0 Å². The SMILES string of the molecule is CC1CCC(C(=O)O)C(C(=O)O)C1C. The van der Waals surface area contributed by atoms with Gasteiger partial charge in [0, 0.05) is 0 Å². The van der Waals surface area contributed by atoms with E-state index >= 15 is 0 Å². The minimum absolute atomic E-state index is 0.0534. The molecule has 0 heterocycles. The lowest BCUT2D eigenvalue weighted by molar-refractivity contribution is -0.159. The van der Waals surface area contributed by atoms with E-state index in [1.54, 1.807) is 0 Å². The fourth-order valence-corrected chi connectivity index (χ4v) is 2.28. The Bertz CT molecular complexity index is 249. The Hall–Kier alpha value is -1.06. The van der Waals surface area contributed by atoms with Crippen molar-refractivity contribution in [1.29, 1.82) is 0 Å². The van der Waals surface area contributed by atoms with Crippen molar-refractivity contribution >= 4 is 11.9 Å². The molecule has 4 nitrogen and oxygen atoms in total. The highest BCUT2D eigenvalue weighted by Gasteiger charge is 2.42. The molecule has 14 heavy (non-hydrogen) atoms. The van der Waals surface area contributed by atoms with E-state index < -0.39 is 23.8 Å². The monoisotopic (exact) mass is 200 g/mol. The zero-order valence-corrected chi connectivity index (χ0v) is 8.43. The van der Waals surface area contributed by atoms with Crippen molar-refractivity contribution in [1.82, 2.24) is 0 Å². The van der Waals surface area contributed by atoms with Crippen LogP contribution in [0.4, 0.5) is 0 Å². The third kappa shape index (κ3) is 1.89. The molecule has 0 spiro atoms. The van der Waals surface area contributed by atoms with Crippen LogP contribution in [0.2, 0.25) is 0 Å². The fraction of sp³-hybridized carbons (Fsp3) is 0.800. The summed E-state index contributed by atoms with van der Waals surface area (Å²) in [5, 5.41) is 17.9. The molecule has 0 aliphatic heterocycles. The van der Waals surface area contributed by atoms with Gasteiger partial charge in [-0.25, -0.2) is 0 Å². The number of carbonyl (C=O) groups is 2. The maximum atomic E-state index is 11.0. The van der Waals surface area contributed by atoms with E-state index in [0.717, 1.165) is 6.42 Å². The molecule has 1 rings (SSSR count). The molecule has 0 saturated heterocycles. The van der Waals surface area contributed by atoms with Gasteiger partial charge in [0.2, 0.25) is 0 Å². The van der Waals surface area contributed by atoms with Crippen LogP contribution in [0.5, 0.6) is 0 Å². The Morgan fingerprint density at radius 2 is 1.64 bits per heavy atom. The van der Waals surface area contributed by atoms with Gasteiger partial charge in [0.25, 0.3) is 0 Å². The van der Waals surface area contributed by atoms with Gasteiger partial charge >= 0.3 is 11.9 Å². The van der Waals surface area contributed by atoms with Crippen molar-refractivity contribution < 1.29 is 19.8 Å². The molecule has 1 fully saturated rings. The van der Waals surface area contributed by atoms with Gasteiger partial charge in [-0.05, 0) is 24.7 Å². The first kappa shape index (κ1) is 11.0. The van der Waals surface area contributed by atoms with Crippen molar-refractivity contribution in [3.05, 3.63) is 0 Å². The highest BCUT2D eigenvalue weighted by Crippen LogP contribution is 2.38. The van der Waals surface area contributed by atoms with Gasteiger partial charge in [0.1, 0.15) is 0 Å². The van der Waals surface area contributed by atoms with Gasteiger partial charge in [0.15, 0.2) is 0 Å². The molecular formula is C10H16O4. The van der Waals surface area contributed by atoms with Crippen molar-refractivity contribution in [2.45, 2.75) is 26.7 Å². The molecule has 0 aromatic heterocycles. The van der Waals surface area contributed by atoms with Crippen LogP contribution in [-0.4, -0.2) is 22.2 Å². The summed E-state index contributed by atoms with van der Waals surface area (Å²) in [7, 11) is 0. The number of aliphatic carboxylic acids is 2. The van der Waals surface area contributed by atoms with Crippen LogP contribution in [0.1, 0.15) is 26.7 Å². The lowest BCUT2D eigenvalue weighted by atomic mass is 9.68. The Labute approximate surface area is 82.9 Å². The van der Waals surface area contributed by atoms with Crippen LogP contribution in [0.25, 0.3) is 0 Å². The number of carboxylic acid groups (broad SMARTS) is 2. The second-order valence-electron chi connectivity index (χ2n) is 4.22. The Balaban J connectivity index is 2.87. The summed E-state index contributed by atoms with van der Waals surface area (Å²) < 4.78 is 0. The molecule has 4 heteroatoms. The minimum atomic E-state index is -0.976. The first-order valence-electron chi connectivity index (χ1n) is 4.90. The molecule has 1 aliphatic carbocycles. The number of hydrogen-bond donors (Lipinski definition) is 2. The average molecular weight is 200 g/mol. The van der Waals surface area contributed by atoms with Gasteiger partial charge in [-0.1, -0.05) is 13.8 Å². The van der Waals surface area contributed by atoms with Gasteiger partial charge in [0.05, 0.1) is 11.8 Å². The van der Waals surface area contributed by atoms with Gasteiger partial charge in [-0.2, -0.15) is 0 Å². The van der Waals surface area contributed by atoms with Gasteiger partial charge < -0.3 is 10.2 Å². The molecule has 4 unspecified atom stereocenters. The molecule has 0 aromatic carbocycles. The van der Waals surface area contributed by atoms with Crippen LogP contribution in [0.3, 0.4) is 0 Å². The van der Waals surface area contributed by atoms with Crippen molar-refractivity contribution in [3.8, 4) is 0 Å². The molecule has 4 atom stereocenters. The summed E-state index contributed by atoms with van der Waals surface area (Å²) in [4.78, 5) is 21.8. The summed E-state index contributed by atoms with van der Waals surface area (Å²) in [5.41, 5.74) is 0. The minimum Gasteiger partial charge on any atom is -0.481 e. The lowest BCUT2D eigenvalue weighted by Crippen LogP contribution is -2.40. The molecule has 80 valence electrons. The van der Waals surface area contributed by atoms with Crippen LogP contribution < -0.4 is 0 Å². The Kier molecular flexibility index (Phi) is 3.13. The van der Waals surface area contributed by atoms with E-state index in [2.05, 4.69) is 0 Å². The van der Waals surface area contributed by atoms with Crippen molar-refractivity contribution in [2.24, 2.45) is 23.7 Å². The maximum Gasteiger partial charge on any atom is 0.307 e. The van der Waals surface area contributed by atoms with Crippen LogP contribution in [0.15, 0.2) is 0 Å². The van der Waals surface area contributed by atoms with E-state index in [1.807, 2.05) is 13.8 Å². The number of carboxylic acids is 2. The molecule has 0 bridgehead atoms. The van der Waals surface area contributed by atoms with Crippen molar-refractivity contribution in [2.75, 3.05) is 0 Å². The second kappa shape index (κ2) is 3.98. The van der Waals surface area contributed by atoms with E-state index in [9.17, 15) is 9.59 Å². The van der Waals surface area contributed by atoms with Gasteiger partial charge in [-0.15, -0.1) is 0 Å².